The molecule has 0 aliphatic heterocycles. The van der Waals surface area contributed by atoms with Crippen molar-refractivity contribution in [3.63, 3.8) is 0 Å². The number of nitrogens with zero attached hydrogens (tertiary/aromatic N) is 5. The lowest BCUT2D eigenvalue weighted by Gasteiger charge is -2.31. The van der Waals surface area contributed by atoms with Crippen LogP contribution in [0.4, 0.5) is 5.95 Å². The molecule has 6 nitrogen and oxygen atoms in total. The minimum Gasteiger partial charge on any atom is -0.337 e. The third-order valence-corrected chi connectivity index (χ3v) is 3.72. The second kappa shape index (κ2) is 6.68. The average molecular weight is 252 g/mol. The maximum Gasteiger partial charge on any atom is 0.245 e. The van der Waals surface area contributed by atoms with Crippen molar-refractivity contribution in [3.8, 4) is 0 Å². The first kappa shape index (κ1) is 13.3. The van der Waals surface area contributed by atoms with E-state index in [0.717, 1.165) is 18.9 Å². The van der Waals surface area contributed by atoms with Crippen LogP contribution in [0.25, 0.3) is 0 Å². The van der Waals surface area contributed by atoms with Gasteiger partial charge in [-0.1, -0.05) is 30.8 Å². The molecule has 2 N–H and O–H groups in total. The van der Waals surface area contributed by atoms with E-state index in [9.17, 15) is 0 Å². The fraction of sp³-hybridized carbons (Fsp3) is 0.917. The summed E-state index contributed by atoms with van der Waals surface area (Å²) in [6, 6.07) is 0.573. The van der Waals surface area contributed by atoms with E-state index in [1.165, 1.54) is 38.5 Å². The van der Waals surface area contributed by atoms with Crippen LogP contribution in [0.2, 0.25) is 0 Å². The molecule has 1 aromatic rings. The van der Waals surface area contributed by atoms with E-state index < -0.39 is 0 Å². The van der Waals surface area contributed by atoms with Crippen molar-refractivity contribution in [2.75, 3.05) is 18.0 Å². The smallest absolute Gasteiger partial charge is 0.245 e. The zero-order chi connectivity index (χ0) is 12.8. The van der Waals surface area contributed by atoms with Crippen LogP contribution in [0, 0.1) is 0 Å². The molecule has 0 unspecified atom stereocenters. The van der Waals surface area contributed by atoms with Crippen LogP contribution in [-0.2, 0) is 7.05 Å². The summed E-state index contributed by atoms with van der Waals surface area (Å²) >= 11 is 0. The van der Waals surface area contributed by atoms with Crippen LogP contribution in [0.1, 0.15) is 44.9 Å². The SMILES string of the molecule is Cn1nnnc1N(CCCN)C1CCCCCC1. The Morgan fingerprint density at radius 1 is 1.28 bits per heavy atom. The lowest BCUT2D eigenvalue weighted by Crippen LogP contribution is -2.38. The fourth-order valence-electron chi connectivity index (χ4n) is 2.75. The third kappa shape index (κ3) is 3.19. The lowest BCUT2D eigenvalue weighted by atomic mass is 10.1. The number of anilines is 1. The van der Waals surface area contributed by atoms with Gasteiger partial charge in [0.25, 0.3) is 0 Å². The number of aryl methyl sites for hydroxylation is 1. The molecule has 1 aliphatic carbocycles. The summed E-state index contributed by atoms with van der Waals surface area (Å²) in [6.45, 7) is 1.67. The van der Waals surface area contributed by atoms with Crippen molar-refractivity contribution in [1.82, 2.24) is 20.2 Å². The molecular formula is C12H24N6. The summed E-state index contributed by atoms with van der Waals surface area (Å²) in [6.07, 6.45) is 8.83. The van der Waals surface area contributed by atoms with Crippen molar-refractivity contribution in [3.05, 3.63) is 0 Å². The van der Waals surface area contributed by atoms with Gasteiger partial charge in [0.15, 0.2) is 0 Å². The van der Waals surface area contributed by atoms with E-state index in [4.69, 9.17) is 5.73 Å². The molecular weight excluding hydrogens is 228 g/mol. The quantitative estimate of drug-likeness (QED) is 0.794. The predicted molar refractivity (Wildman–Crippen MR) is 71.3 cm³/mol. The van der Waals surface area contributed by atoms with E-state index in [-0.39, 0.29) is 0 Å². The van der Waals surface area contributed by atoms with Gasteiger partial charge in [-0.25, -0.2) is 4.68 Å². The summed E-state index contributed by atoms with van der Waals surface area (Å²) in [4.78, 5) is 2.36. The number of hydrogen-bond acceptors (Lipinski definition) is 5. The first-order valence-corrected chi connectivity index (χ1v) is 7.02. The van der Waals surface area contributed by atoms with Crippen molar-refractivity contribution >= 4 is 5.95 Å². The Morgan fingerprint density at radius 3 is 2.56 bits per heavy atom. The summed E-state index contributed by atoms with van der Waals surface area (Å²) in [5, 5.41) is 11.9. The highest BCUT2D eigenvalue weighted by atomic mass is 15.6. The van der Waals surface area contributed by atoms with E-state index >= 15 is 0 Å². The molecule has 1 aromatic heterocycles. The zero-order valence-corrected chi connectivity index (χ0v) is 11.3. The topological polar surface area (TPSA) is 72.9 Å². The average Bonchev–Trinajstić information content (AvgIpc) is 2.65. The lowest BCUT2D eigenvalue weighted by molar-refractivity contribution is 0.502. The highest BCUT2D eigenvalue weighted by Gasteiger charge is 2.23. The molecule has 2 rings (SSSR count). The van der Waals surface area contributed by atoms with E-state index in [2.05, 4.69) is 20.4 Å². The molecule has 0 spiro atoms. The number of nitrogens with two attached hydrogens (primary N) is 1. The van der Waals surface area contributed by atoms with Crippen molar-refractivity contribution in [2.45, 2.75) is 51.0 Å². The van der Waals surface area contributed by atoms with Crippen molar-refractivity contribution < 1.29 is 0 Å². The van der Waals surface area contributed by atoms with Crippen LogP contribution in [-0.4, -0.2) is 39.3 Å². The van der Waals surface area contributed by atoms with E-state index in [1.807, 2.05) is 7.05 Å². The molecule has 0 amide bonds. The molecule has 0 atom stereocenters. The van der Waals surface area contributed by atoms with Crippen LogP contribution in [0.5, 0.6) is 0 Å². The van der Waals surface area contributed by atoms with Crippen molar-refractivity contribution in [2.24, 2.45) is 12.8 Å². The standard InChI is InChI=1S/C12H24N6/c1-17-12(14-15-16-17)18(10-6-9-13)11-7-4-2-3-5-8-11/h11H,2-10,13H2,1H3. The maximum atomic E-state index is 5.64. The van der Waals surface area contributed by atoms with Gasteiger partial charge in [0.2, 0.25) is 5.95 Å². The molecule has 1 saturated carbocycles. The maximum absolute atomic E-state index is 5.64. The second-order valence-electron chi connectivity index (χ2n) is 5.08. The molecule has 1 fully saturated rings. The Morgan fingerprint density at radius 2 is 2.00 bits per heavy atom. The normalized spacial score (nSPS) is 17.7. The molecule has 18 heavy (non-hydrogen) atoms. The van der Waals surface area contributed by atoms with E-state index in [0.29, 0.717) is 12.6 Å². The molecule has 6 heteroatoms. The molecule has 0 aromatic carbocycles. The Labute approximate surface area is 109 Å². The molecule has 1 heterocycles. The van der Waals surface area contributed by atoms with Gasteiger partial charge < -0.3 is 10.6 Å². The molecule has 1 aliphatic rings. The highest BCUT2D eigenvalue weighted by Crippen LogP contribution is 2.24. The highest BCUT2D eigenvalue weighted by molar-refractivity contribution is 5.29. The Bertz CT molecular complexity index is 342. The van der Waals surface area contributed by atoms with Crippen LogP contribution in [0.15, 0.2) is 0 Å². The fourth-order valence-corrected chi connectivity index (χ4v) is 2.75. The first-order valence-electron chi connectivity index (χ1n) is 7.02. The number of hydrogen-bond donors (Lipinski definition) is 1. The first-order chi connectivity index (χ1) is 8.83. The molecule has 0 radical (unpaired) electrons. The summed E-state index contributed by atoms with van der Waals surface area (Å²) < 4.78 is 1.77. The van der Waals surface area contributed by atoms with Crippen LogP contribution < -0.4 is 10.6 Å². The van der Waals surface area contributed by atoms with Gasteiger partial charge in [-0.05, 0) is 36.2 Å². The van der Waals surface area contributed by atoms with Gasteiger partial charge in [-0.3, -0.25) is 0 Å². The van der Waals surface area contributed by atoms with Gasteiger partial charge in [-0.2, -0.15) is 0 Å². The molecule has 102 valence electrons. The van der Waals surface area contributed by atoms with Gasteiger partial charge in [0.05, 0.1) is 0 Å². The zero-order valence-electron chi connectivity index (χ0n) is 11.3. The van der Waals surface area contributed by atoms with Gasteiger partial charge >= 0.3 is 0 Å². The third-order valence-electron chi connectivity index (χ3n) is 3.72. The summed E-state index contributed by atoms with van der Waals surface area (Å²) in [7, 11) is 1.90. The molecule has 0 saturated heterocycles. The Kier molecular flexibility index (Phi) is 4.92. The second-order valence-corrected chi connectivity index (χ2v) is 5.08. The van der Waals surface area contributed by atoms with Crippen molar-refractivity contribution in [1.29, 1.82) is 0 Å². The number of tetrazole rings is 1. The Balaban J connectivity index is 2.10. The van der Waals surface area contributed by atoms with Crippen LogP contribution in [0.3, 0.4) is 0 Å². The monoisotopic (exact) mass is 252 g/mol. The summed E-state index contributed by atoms with van der Waals surface area (Å²) in [5.74, 6) is 0.885. The predicted octanol–water partition coefficient (Wildman–Crippen LogP) is 1.09. The largest absolute Gasteiger partial charge is 0.337 e. The van der Waals surface area contributed by atoms with Gasteiger partial charge in [0, 0.05) is 19.6 Å². The Hall–Kier alpha value is -1.17. The number of rotatable bonds is 5. The number of aromatic nitrogens is 4. The molecule has 0 bridgehead atoms. The van der Waals surface area contributed by atoms with Gasteiger partial charge in [0.1, 0.15) is 0 Å². The summed E-state index contributed by atoms with van der Waals surface area (Å²) in [5.41, 5.74) is 5.64. The van der Waals surface area contributed by atoms with E-state index in [1.54, 1.807) is 4.68 Å². The minimum atomic E-state index is 0.573. The van der Waals surface area contributed by atoms with Crippen LogP contribution >= 0.6 is 0 Å². The minimum absolute atomic E-state index is 0.573. The van der Waals surface area contributed by atoms with Gasteiger partial charge in [-0.15, -0.1) is 0 Å².